The summed E-state index contributed by atoms with van der Waals surface area (Å²) in [6.45, 7) is 1.62. The molecular formula is C10H11ClF2. The second kappa shape index (κ2) is 4.56. The summed E-state index contributed by atoms with van der Waals surface area (Å²) in [7, 11) is 0. The van der Waals surface area contributed by atoms with E-state index in [1.54, 1.807) is 6.92 Å². The lowest BCUT2D eigenvalue weighted by Gasteiger charge is -2.05. The standard InChI is InChI=1S/C10H11ClF2/c1-7-4-5-9(12)8(10(7)13)3-2-6-11/h4-5H,2-3,6H2,1H3. The highest BCUT2D eigenvalue weighted by Crippen LogP contribution is 2.17. The second-order valence-electron chi connectivity index (χ2n) is 2.95. The van der Waals surface area contributed by atoms with Gasteiger partial charge in [-0.2, -0.15) is 0 Å². The maximum atomic E-state index is 13.3. The van der Waals surface area contributed by atoms with Crippen LogP contribution in [0.15, 0.2) is 12.1 Å². The van der Waals surface area contributed by atoms with Gasteiger partial charge in [-0.15, -0.1) is 11.6 Å². The average molecular weight is 205 g/mol. The Morgan fingerprint density at radius 1 is 1.31 bits per heavy atom. The molecule has 0 amide bonds. The van der Waals surface area contributed by atoms with Crippen molar-refractivity contribution < 1.29 is 8.78 Å². The number of aryl methyl sites for hydroxylation is 1. The summed E-state index contributed by atoms with van der Waals surface area (Å²) >= 11 is 5.45. The first kappa shape index (κ1) is 10.5. The van der Waals surface area contributed by atoms with Crippen molar-refractivity contribution in [3.05, 3.63) is 34.9 Å². The van der Waals surface area contributed by atoms with Crippen molar-refractivity contribution in [2.45, 2.75) is 19.8 Å². The zero-order valence-electron chi connectivity index (χ0n) is 7.41. The molecule has 0 N–H and O–H groups in total. The first-order chi connectivity index (χ1) is 6.16. The summed E-state index contributed by atoms with van der Waals surface area (Å²) < 4.78 is 26.4. The number of halogens is 3. The van der Waals surface area contributed by atoms with E-state index in [2.05, 4.69) is 0 Å². The van der Waals surface area contributed by atoms with Crippen LogP contribution in [-0.4, -0.2) is 5.88 Å². The molecule has 0 nitrogen and oxygen atoms in total. The van der Waals surface area contributed by atoms with Crippen LogP contribution in [0.2, 0.25) is 0 Å². The first-order valence-electron chi connectivity index (χ1n) is 4.16. The molecule has 0 bridgehead atoms. The monoisotopic (exact) mass is 204 g/mol. The van der Waals surface area contributed by atoms with Gasteiger partial charge in [0, 0.05) is 11.4 Å². The lowest BCUT2D eigenvalue weighted by Crippen LogP contribution is -1.98. The summed E-state index contributed by atoms with van der Waals surface area (Å²) in [5.74, 6) is -0.495. The molecule has 0 heterocycles. The van der Waals surface area contributed by atoms with Crippen molar-refractivity contribution in [2.24, 2.45) is 0 Å². The maximum absolute atomic E-state index is 13.3. The van der Waals surface area contributed by atoms with E-state index in [1.807, 2.05) is 0 Å². The lowest BCUT2D eigenvalue weighted by atomic mass is 10.1. The molecule has 0 saturated carbocycles. The summed E-state index contributed by atoms with van der Waals surface area (Å²) in [5.41, 5.74) is 0.631. The highest BCUT2D eigenvalue weighted by atomic mass is 35.5. The van der Waals surface area contributed by atoms with Crippen LogP contribution in [0.4, 0.5) is 8.78 Å². The molecule has 0 aromatic heterocycles. The minimum Gasteiger partial charge on any atom is -0.207 e. The van der Waals surface area contributed by atoms with Gasteiger partial charge in [-0.1, -0.05) is 6.07 Å². The van der Waals surface area contributed by atoms with Gasteiger partial charge in [0.15, 0.2) is 0 Å². The second-order valence-corrected chi connectivity index (χ2v) is 3.33. The van der Waals surface area contributed by atoms with Gasteiger partial charge in [-0.25, -0.2) is 8.78 Å². The predicted octanol–water partition coefficient (Wildman–Crippen LogP) is 3.44. The Kier molecular flexibility index (Phi) is 3.67. The third-order valence-corrected chi connectivity index (χ3v) is 2.21. The molecule has 72 valence electrons. The Bertz CT molecular complexity index is 297. The van der Waals surface area contributed by atoms with Crippen molar-refractivity contribution in [3.8, 4) is 0 Å². The molecule has 3 heteroatoms. The van der Waals surface area contributed by atoms with E-state index in [0.29, 0.717) is 24.3 Å². The number of benzene rings is 1. The SMILES string of the molecule is Cc1ccc(F)c(CCCCl)c1F. The van der Waals surface area contributed by atoms with Gasteiger partial charge in [-0.3, -0.25) is 0 Å². The molecule has 13 heavy (non-hydrogen) atoms. The smallest absolute Gasteiger partial charge is 0.132 e. The summed E-state index contributed by atoms with van der Waals surface area (Å²) in [5, 5.41) is 0. The largest absolute Gasteiger partial charge is 0.207 e. The van der Waals surface area contributed by atoms with Crippen LogP contribution in [0.3, 0.4) is 0 Å². The van der Waals surface area contributed by atoms with Gasteiger partial charge in [0.25, 0.3) is 0 Å². The molecule has 1 aromatic carbocycles. The van der Waals surface area contributed by atoms with Gasteiger partial charge in [0.2, 0.25) is 0 Å². The van der Waals surface area contributed by atoms with Crippen LogP contribution in [0.5, 0.6) is 0 Å². The van der Waals surface area contributed by atoms with E-state index in [9.17, 15) is 8.78 Å². The summed E-state index contributed by atoms with van der Waals surface area (Å²) in [6.07, 6.45) is 0.960. The Morgan fingerprint density at radius 3 is 2.62 bits per heavy atom. The molecule has 0 aliphatic heterocycles. The Hall–Kier alpha value is -0.630. The normalized spacial score (nSPS) is 10.5. The molecule has 0 unspecified atom stereocenters. The fourth-order valence-corrected chi connectivity index (χ4v) is 1.32. The number of hydrogen-bond acceptors (Lipinski definition) is 0. The topological polar surface area (TPSA) is 0 Å². The van der Waals surface area contributed by atoms with E-state index >= 15 is 0 Å². The van der Waals surface area contributed by atoms with Crippen molar-refractivity contribution >= 4 is 11.6 Å². The van der Waals surface area contributed by atoms with E-state index in [-0.39, 0.29) is 5.56 Å². The average Bonchev–Trinajstić information content (AvgIpc) is 2.12. The Balaban J connectivity index is 2.96. The molecule has 1 aromatic rings. The molecular weight excluding hydrogens is 194 g/mol. The van der Waals surface area contributed by atoms with Gasteiger partial charge in [-0.05, 0) is 31.4 Å². The third kappa shape index (κ3) is 2.41. The van der Waals surface area contributed by atoms with Crippen LogP contribution in [-0.2, 0) is 6.42 Å². The van der Waals surface area contributed by atoms with Crippen molar-refractivity contribution in [2.75, 3.05) is 5.88 Å². The molecule has 1 rings (SSSR count). The molecule has 0 fully saturated rings. The number of alkyl halides is 1. The van der Waals surface area contributed by atoms with Gasteiger partial charge in [0.05, 0.1) is 0 Å². The van der Waals surface area contributed by atoms with Gasteiger partial charge >= 0.3 is 0 Å². The molecule has 0 spiro atoms. The molecule has 0 aliphatic rings. The highest BCUT2D eigenvalue weighted by molar-refractivity contribution is 6.17. The quantitative estimate of drug-likeness (QED) is 0.662. The summed E-state index contributed by atoms with van der Waals surface area (Å²) in [6, 6.07) is 2.73. The minimum absolute atomic E-state index is 0.153. The van der Waals surface area contributed by atoms with Crippen LogP contribution in [0.1, 0.15) is 17.5 Å². The summed E-state index contributed by atoms with van der Waals surface area (Å²) in [4.78, 5) is 0. The zero-order valence-corrected chi connectivity index (χ0v) is 8.17. The van der Waals surface area contributed by atoms with Crippen LogP contribution < -0.4 is 0 Å². The van der Waals surface area contributed by atoms with Gasteiger partial charge < -0.3 is 0 Å². The molecule has 0 saturated heterocycles. The third-order valence-electron chi connectivity index (χ3n) is 1.94. The fourth-order valence-electron chi connectivity index (χ4n) is 1.19. The lowest BCUT2D eigenvalue weighted by molar-refractivity contribution is 0.548. The minimum atomic E-state index is -0.479. The van der Waals surface area contributed by atoms with Crippen molar-refractivity contribution in [3.63, 3.8) is 0 Å². The predicted molar refractivity (Wildman–Crippen MR) is 50.1 cm³/mol. The van der Waals surface area contributed by atoms with Crippen LogP contribution >= 0.6 is 11.6 Å². The van der Waals surface area contributed by atoms with Gasteiger partial charge in [0.1, 0.15) is 11.6 Å². The Morgan fingerprint density at radius 2 is 2.00 bits per heavy atom. The van der Waals surface area contributed by atoms with E-state index in [1.165, 1.54) is 12.1 Å². The fraction of sp³-hybridized carbons (Fsp3) is 0.400. The molecule has 0 aliphatic carbocycles. The van der Waals surface area contributed by atoms with Crippen molar-refractivity contribution in [1.82, 2.24) is 0 Å². The van der Waals surface area contributed by atoms with Crippen molar-refractivity contribution in [1.29, 1.82) is 0 Å². The molecule has 0 atom stereocenters. The highest BCUT2D eigenvalue weighted by Gasteiger charge is 2.10. The first-order valence-corrected chi connectivity index (χ1v) is 4.69. The van der Waals surface area contributed by atoms with E-state index in [0.717, 1.165) is 0 Å². The van der Waals surface area contributed by atoms with Crippen LogP contribution in [0, 0.1) is 18.6 Å². The maximum Gasteiger partial charge on any atom is 0.132 e. The number of hydrogen-bond donors (Lipinski definition) is 0. The van der Waals surface area contributed by atoms with Crippen LogP contribution in [0.25, 0.3) is 0 Å². The van der Waals surface area contributed by atoms with E-state index < -0.39 is 11.6 Å². The number of rotatable bonds is 3. The molecule has 0 radical (unpaired) electrons. The van der Waals surface area contributed by atoms with E-state index in [4.69, 9.17) is 11.6 Å². The Labute approximate surface area is 81.5 Å². The zero-order chi connectivity index (χ0) is 9.84.